The maximum Gasteiger partial charge on any atom is 1.00 e. The SMILES string of the molecule is CC.CC.CC.CC1=[C-]C(=C(c2[c-]c3ccc(C)cc3cc2)c2ccccc2C(=O)O)C=CC1=O.CCC1=[C-]C(=C(c2[c-]c3ccc(C)cc3cc2)c2ccccc2C(=O)O)C=CC1=O.Cc1ccc2[c-]c(C(=C3[C-]=C(C=O)C(=O)C=C3)c3ccccc3C(=O)O)ccc2c1.[CH3-].[CH3-].[CH3-].[CH3-].[CH3-].[CH3-].[CH3-].[CH3-].[CH3-].[K+].[K+].[K+].[K+].[K+].[K+].[K+].[K+].[K+].[Y].[Y].[Y]. The molecule has 9 aromatic carbocycles. The van der Waals surface area contributed by atoms with E-state index in [2.05, 4.69) is 48.6 Å². The van der Waals surface area contributed by atoms with Crippen molar-refractivity contribution >= 4 is 90.6 Å². The van der Waals surface area contributed by atoms with Crippen LogP contribution in [0.2, 0.25) is 0 Å². The minimum Gasteiger partial charge on any atom is -0.478 e. The summed E-state index contributed by atoms with van der Waals surface area (Å²) in [5.74, 6) is -3.68. The van der Waals surface area contributed by atoms with Crippen LogP contribution in [0.4, 0.5) is 0 Å². The van der Waals surface area contributed by atoms with E-state index < -0.39 is 23.7 Å². The van der Waals surface area contributed by atoms with E-state index in [4.69, 9.17) is 0 Å². The van der Waals surface area contributed by atoms with Crippen LogP contribution in [-0.4, -0.2) is 56.9 Å². The van der Waals surface area contributed by atoms with Gasteiger partial charge in [-0.3, -0.25) is 0 Å². The van der Waals surface area contributed by atoms with Gasteiger partial charge in [0, 0.05) is 98.1 Å². The first kappa shape index (κ1) is 157. The number of hydrogen-bond donors (Lipinski definition) is 3. The fraction of sp³-hybridized carbons (Fsp3) is 0.128. The number of allylic oxidation sites excluding steroid dienone is 15. The van der Waals surface area contributed by atoms with Crippen molar-refractivity contribution in [3.8, 4) is 0 Å². The summed E-state index contributed by atoms with van der Waals surface area (Å²) in [4.78, 5) is 82.9. The van der Waals surface area contributed by atoms with Crippen LogP contribution < -0.4 is 462 Å². The number of carboxylic acid groups (broad SMARTS) is 3. The second kappa shape index (κ2) is 82.2. The molecule has 0 atom stereocenters. The van der Waals surface area contributed by atoms with E-state index in [1.165, 1.54) is 24.3 Å². The molecule has 22 heteroatoms. The van der Waals surface area contributed by atoms with Crippen LogP contribution in [0.15, 0.2) is 234 Å². The first-order valence-electron chi connectivity index (χ1n) is 31.4. The first-order chi connectivity index (χ1) is 45.9. The standard InChI is InChI=1S/C27H20O3.C26H16O4.C26H18O3.3C2H6.9CH3.9K.3Y/c1-3-18-15-22(12-13-25(18)28)26(23-6-4-5-7-24(23)27(29)30)21-11-10-19-14-17(2)8-9-20(19)16-21;1-16-6-7-18-13-19(9-8-17(18)12-16)25(20-10-11-24(28)21(14-20)15-27)22-4-2-3-5-23(22)26(29)30;1-16-7-8-19-15-21(10-9-18(19)13-16)25(20-11-12-24(27)17(2)14-20)22-5-3-4-6-23(22)26(28)29;3*1-2;;;;;;;;;;;;;;;;;;;;;/h4-14H,3H2,1-2H3,(H,29,30);2-12,15H,1H3,(H,29,30);3-13H,1-2H3,(H,28,29);3*1-2H3;9*1H3;;;;;;;;;;;;/q3*-2;;;;9*-1;9*+1;;;. The van der Waals surface area contributed by atoms with Crippen molar-refractivity contribution in [3.05, 3.63) is 404 Å². The third-order valence-electron chi connectivity index (χ3n) is 15.1. The smallest absolute Gasteiger partial charge is 0.478 e. The number of fused-ring (bicyclic) bond motifs is 3. The Morgan fingerprint density at radius 3 is 0.862 bits per heavy atom. The van der Waals surface area contributed by atoms with E-state index in [-0.39, 0.29) is 661 Å². The number of hydrogen-bond acceptors (Lipinski definition) is 7. The molecule has 12 rings (SSSR count). The molecular weight excluding hydrogens is 1910 g/mol. The summed E-state index contributed by atoms with van der Waals surface area (Å²) < 4.78 is 0. The molecule has 9 aromatic rings. The summed E-state index contributed by atoms with van der Waals surface area (Å²) in [5, 5.41) is 35.1. The Labute approximate surface area is 1160 Å². The molecule has 0 aliphatic heterocycles. The monoisotopic (exact) mass is 2010 g/mol. The first-order valence-corrected chi connectivity index (χ1v) is 31.4. The zero-order valence-corrected chi connectivity index (χ0v) is 111. The number of aryl methyl sites for hydroxylation is 3. The Morgan fingerprint density at radius 2 is 0.595 bits per heavy atom. The molecule has 3 N–H and O–H groups in total. The van der Waals surface area contributed by atoms with Gasteiger partial charge in [-0.25, -0.2) is 14.4 Å². The van der Waals surface area contributed by atoms with E-state index in [9.17, 15) is 48.9 Å². The quantitative estimate of drug-likeness (QED) is 0.0498. The summed E-state index contributed by atoms with van der Waals surface area (Å²) in [6.07, 6.45) is 19.5. The van der Waals surface area contributed by atoms with Crippen LogP contribution >= 0.6 is 0 Å². The number of rotatable bonds is 11. The normalized spacial score (nSPS) is 11.9. The van der Waals surface area contributed by atoms with Gasteiger partial charge < -0.3 is 101 Å². The van der Waals surface area contributed by atoms with Crippen molar-refractivity contribution in [2.24, 2.45) is 0 Å². The van der Waals surface area contributed by atoms with E-state index >= 15 is 0 Å². The summed E-state index contributed by atoms with van der Waals surface area (Å²) in [5.41, 5.74) is 12.4. The summed E-state index contributed by atoms with van der Waals surface area (Å²) in [6, 6.07) is 60.5. The van der Waals surface area contributed by atoms with Crippen molar-refractivity contribution in [1.29, 1.82) is 0 Å². The van der Waals surface area contributed by atoms with Crippen LogP contribution in [0.1, 0.15) is 143 Å². The number of aldehydes is 1. The number of carbonyl (C=O) groups is 7. The Kier molecular flexibility index (Phi) is 111. The van der Waals surface area contributed by atoms with Crippen LogP contribution in [0.25, 0.3) is 49.0 Å². The number of benzene rings is 9. The zero-order valence-electron chi connectivity index (χ0n) is 74.8. The predicted molar refractivity (Wildman–Crippen MR) is 437 cm³/mol. The molecule has 116 heavy (non-hydrogen) atoms. The van der Waals surface area contributed by atoms with Gasteiger partial charge in [0.1, 0.15) is 5.78 Å². The third kappa shape index (κ3) is 44.6. The van der Waals surface area contributed by atoms with Crippen LogP contribution in [0, 0.1) is 124 Å². The predicted octanol–water partition coefficient (Wildman–Crippen LogP) is -4.26. The summed E-state index contributed by atoms with van der Waals surface area (Å²) in [6.45, 7) is 21.7. The number of carbonyl (C=O) groups excluding carboxylic acids is 4. The van der Waals surface area contributed by atoms with Gasteiger partial charge in [0.15, 0.2) is 0 Å². The average molecular weight is 2010 g/mol. The molecule has 0 bridgehead atoms. The van der Waals surface area contributed by atoms with Crippen molar-refractivity contribution in [3.63, 3.8) is 0 Å². The molecule has 0 saturated heterocycles. The van der Waals surface area contributed by atoms with Gasteiger partial charge in [0.05, 0.1) is 34.5 Å². The molecule has 3 aliphatic carbocycles. The topological polar surface area (TPSA) is 180 Å². The molecule has 0 amide bonds. The van der Waals surface area contributed by atoms with Gasteiger partial charge in [-0.2, -0.15) is 0 Å². The van der Waals surface area contributed by atoms with Crippen LogP contribution in [0.3, 0.4) is 0 Å². The maximum absolute atomic E-state index is 12.1. The minimum atomic E-state index is -1.07. The zero-order chi connectivity index (χ0) is 69.0. The molecule has 0 spiro atoms. The molecule has 0 fully saturated rings. The minimum absolute atomic E-state index is 0. The summed E-state index contributed by atoms with van der Waals surface area (Å²) in [7, 11) is 0. The van der Waals surface area contributed by atoms with Gasteiger partial charge >= 0.3 is 480 Å². The molecule has 0 saturated carbocycles. The van der Waals surface area contributed by atoms with Crippen molar-refractivity contribution in [2.75, 3.05) is 0 Å². The Hall–Kier alpha value is 6.55. The largest absolute Gasteiger partial charge is 1.00 e. The van der Waals surface area contributed by atoms with Crippen molar-refractivity contribution in [1.82, 2.24) is 0 Å². The molecular formula is C94H99K9O10Y3-6. The maximum atomic E-state index is 12.1. The van der Waals surface area contributed by atoms with Gasteiger partial charge in [-0.15, -0.1) is 159 Å². The Bertz CT molecular complexity index is 4860. The van der Waals surface area contributed by atoms with Crippen molar-refractivity contribution < 1.29 is 609 Å². The Morgan fingerprint density at radius 1 is 0.336 bits per heavy atom. The Balaban J connectivity index is -0.0000000902. The van der Waals surface area contributed by atoms with Gasteiger partial charge in [-0.1, -0.05) is 225 Å². The van der Waals surface area contributed by atoms with E-state index in [0.717, 1.165) is 60.1 Å². The van der Waals surface area contributed by atoms with Gasteiger partial charge in [0.25, 0.3) is 0 Å². The van der Waals surface area contributed by atoms with E-state index in [0.29, 0.717) is 79.5 Å². The fourth-order valence-electron chi connectivity index (χ4n) is 10.7. The number of ketones is 3. The van der Waals surface area contributed by atoms with Crippen LogP contribution in [0.5, 0.6) is 0 Å². The second-order valence-corrected chi connectivity index (χ2v) is 21.3. The summed E-state index contributed by atoms with van der Waals surface area (Å²) >= 11 is 0. The number of aromatic carboxylic acids is 3. The van der Waals surface area contributed by atoms with Gasteiger partial charge in [-0.05, 0) is 67.7 Å². The molecule has 3 aliphatic rings. The van der Waals surface area contributed by atoms with E-state index in [1.54, 1.807) is 85.8 Å². The molecule has 0 aromatic heterocycles. The van der Waals surface area contributed by atoms with Gasteiger partial charge in [0.2, 0.25) is 0 Å². The second-order valence-electron chi connectivity index (χ2n) is 21.3. The molecule has 559 valence electrons. The van der Waals surface area contributed by atoms with Crippen molar-refractivity contribution in [2.45, 2.75) is 82.6 Å². The van der Waals surface area contributed by atoms with Crippen LogP contribution in [-0.2, 0) is 117 Å². The molecule has 3 radical (unpaired) electrons. The van der Waals surface area contributed by atoms with E-state index in [1.807, 2.05) is 154 Å². The number of carboxylic acids is 3. The molecule has 10 nitrogen and oxygen atoms in total. The fourth-order valence-corrected chi connectivity index (χ4v) is 10.7. The average Bonchev–Trinajstić information content (AvgIpc) is 0.788. The third-order valence-corrected chi connectivity index (χ3v) is 15.1. The molecule has 0 heterocycles. The molecule has 0 unspecified atom stereocenters.